The summed E-state index contributed by atoms with van der Waals surface area (Å²) in [6.45, 7) is 7.24. The van der Waals surface area contributed by atoms with Gasteiger partial charge in [0.2, 0.25) is 5.91 Å². The number of hydrogen-bond acceptors (Lipinski definition) is 4. The number of carbonyl (C=O) groups excluding carboxylic acids is 2. The van der Waals surface area contributed by atoms with Gasteiger partial charge in [-0.25, -0.2) is 9.59 Å². The number of β-lactam (4-membered cyclic amide) rings is 1. The minimum absolute atomic E-state index is 0.0271. The molecule has 2 aliphatic heterocycles. The molecule has 2 saturated heterocycles. The summed E-state index contributed by atoms with van der Waals surface area (Å²) in [6.07, 6.45) is 0. The summed E-state index contributed by atoms with van der Waals surface area (Å²) in [5.74, 6) is -1.34. The summed E-state index contributed by atoms with van der Waals surface area (Å²) in [5.41, 5.74) is 0. The SMILES string of the molecule is CC(C)NC(=O)NC1C(=O)N2C1SC(C)(C)[C@@H]2C(=O)O. The minimum Gasteiger partial charge on any atom is -0.480 e. The molecule has 3 N–H and O–H groups in total. The van der Waals surface area contributed by atoms with Crippen LogP contribution in [0.5, 0.6) is 0 Å². The lowest BCUT2D eigenvalue weighted by Gasteiger charge is -2.43. The van der Waals surface area contributed by atoms with Crippen LogP contribution in [0, 0.1) is 0 Å². The molecule has 8 heteroatoms. The van der Waals surface area contributed by atoms with E-state index in [0.717, 1.165) is 0 Å². The molecular weight excluding hydrogens is 282 g/mol. The lowest BCUT2D eigenvalue weighted by molar-refractivity contribution is -0.159. The van der Waals surface area contributed by atoms with E-state index in [4.69, 9.17) is 0 Å². The van der Waals surface area contributed by atoms with Crippen molar-refractivity contribution in [1.82, 2.24) is 15.5 Å². The molecule has 2 fully saturated rings. The Hall–Kier alpha value is -1.44. The second-order valence-electron chi connectivity index (χ2n) is 5.85. The maximum absolute atomic E-state index is 12.1. The van der Waals surface area contributed by atoms with Gasteiger partial charge in [0.05, 0.1) is 0 Å². The summed E-state index contributed by atoms with van der Waals surface area (Å²) < 4.78 is -0.572. The highest BCUT2D eigenvalue weighted by molar-refractivity contribution is 8.01. The Morgan fingerprint density at radius 2 is 2.00 bits per heavy atom. The predicted octanol–water partition coefficient (Wildman–Crippen LogP) is 0.210. The Balaban J connectivity index is 2.07. The topological polar surface area (TPSA) is 98.7 Å². The zero-order valence-electron chi connectivity index (χ0n) is 11.8. The summed E-state index contributed by atoms with van der Waals surface area (Å²) in [6, 6.07) is -1.94. The second kappa shape index (κ2) is 4.83. The van der Waals surface area contributed by atoms with Gasteiger partial charge in [0.1, 0.15) is 17.5 Å². The first kappa shape index (κ1) is 15.0. The fraction of sp³-hybridized carbons (Fsp3) is 0.750. The van der Waals surface area contributed by atoms with E-state index in [1.54, 1.807) is 13.8 Å². The highest BCUT2D eigenvalue weighted by atomic mass is 32.2. The van der Waals surface area contributed by atoms with Crippen LogP contribution in [-0.4, -0.2) is 56.2 Å². The van der Waals surface area contributed by atoms with Crippen molar-refractivity contribution < 1.29 is 19.5 Å². The van der Waals surface area contributed by atoms with Crippen molar-refractivity contribution in [3.8, 4) is 0 Å². The lowest BCUT2D eigenvalue weighted by Crippen LogP contribution is -2.71. The molecule has 20 heavy (non-hydrogen) atoms. The maximum Gasteiger partial charge on any atom is 0.327 e. The number of rotatable bonds is 3. The largest absolute Gasteiger partial charge is 0.480 e. The fourth-order valence-corrected chi connectivity index (χ4v) is 4.22. The molecule has 112 valence electrons. The Labute approximate surface area is 121 Å². The number of nitrogens with one attached hydrogen (secondary N) is 2. The van der Waals surface area contributed by atoms with Crippen LogP contribution < -0.4 is 10.6 Å². The number of carboxylic acids is 1. The van der Waals surface area contributed by atoms with Crippen molar-refractivity contribution >= 4 is 29.7 Å². The molecule has 7 nitrogen and oxygen atoms in total. The number of aliphatic carboxylic acids is 1. The minimum atomic E-state index is -1.01. The first-order valence-corrected chi connectivity index (χ1v) is 7.33. The van der Waals surface area contributed by atoms with Crippen LogP contribution in [0.3, 0.4) is 0 Å². The highest BCUT2D eigenvalue weighted by Gasteiger charge is 2.64. The van der Waals surface area contributed by atoms with E-state index in [9.17, 15) is 19.5 Å². The molecule has 2 rings (SSSR count). The Morgan fingerprint density at radius 1 is 1.40 bits per heavy atom. The van der Waals surface area contributed by atoms with E-state index < -0.39 is 28.8 Å². The van der Waals surface area contributed by atoms with Gasteiger partial charge in [-0.3, -0.25) is 4.79 Å². The number of fused-ring (bicyclic) bond motifs is 1. The van der Waals surface area contributed by atoms with Crippen molar-refractivity contribution in [2.24, 2.45) is 0 Å². The smallest absolute Gasteiger partial charge is 0.327 e. The van der Waals surface area contributed by atoms with E-state index in [-0.39, 0.29) is 17.3 Å². The van der Waals surface area contributed by atoms with Crippen molar-refractivity contribution in [3.63, 3.8) is 0 Å². The maximum atomic E-state index is 12.1. The number of urea groups is 1. The monoisotopic (exact) mass is 301 g/mol. The molecule has 0 aromatic heterocycles. The Bertz CT molecular complexity index is 466. The molecule has 3 amide bonds. The van der Waals surface area contributed by atoms with Crippen LogP contribution in [0.1, 0.15) is 27.7 Å². The predicted molar refractivity (Wildman–Crippen MR) is 74.3 cm³/mol. The van der Waals surface area contributed by atoms with Crippen LogP contribution >= 0.6 is 11.8 Å². The summed E-state index contributed by atoms with van der Waals surface area (Å²) >= 11 is 1.41. The molecule has 2 heterocycles. The van der Waals surface area contributed by atoms with Crippen molar-refractivity contribution in [1.29, 1.82) is 0 Å². The Morgan fingerprint density at radius 3 is 2.50 bits per heavy atom. The highest BCUT2D eigenvalue weighted by Crippen LogP contribution is 2.50. The number of nitrogens with zero attached hydrogens (tertiary/aromatic N) is 1. The summed E-state index contributed by atoms with van der Waals surface area (Å²) in [7, 11) is 0. The summed E-state index contributed by atoms with van der Waals surface area (Å²) in [4.78, 5) is 36.4. The third-order valence-electron chi connectivity index (χ3n) is 3.38. The quantitative estimate of drug-likeness (QED) is 0.647. The zero-order valence-corrected chi connectivity index (χ0v) is 12.7. The third-order valence-corrected chi connectivity index (χ3v) is 4.95. The first-order valence-electron chi connectivity index (χ1n) is 6.45. The van der Waals surface area contributed by atoms with Crippen molar-refractivity contribution in [2.75, 3.05) is 0 Å². The Kier molecular flexibility index (Phi) is 3.62. The number of amides is 3. The molecule has 0 aliphatic carbocycles. The van der Waals surface area contributed by atoms with Crippen molar-refractivity contribution in [3.05, 3.63) is 0 Å². The molecule has 2 aliphatic rings. The van der Waals surface area contributed by atoms with E-state index >= 15 is 0 Å². The molecule has 0 bridgehead atoms. The molecule has 0 aromatic rings. The van der Waals surface area contributed by atoms with Gasteiger partial charge in [-0.05, 0) is 27.7 Å². The first-order chi connectivity index (χ1) is 9.15. The van der Waals surface area contributed by atoms with E-state index in [1.807, 2.05) is 13.8 Å². The lowest BCUT2D eigenvalue weighted by atomic mass is 9.96. The van der Waals surface area contributed by atoms with Gasteiger partial charge in [0.15, 0.2) is 0 Å². The van der Waals surface area contributed by atoms with E-state index in [0.29, 0.717) is 0 Å². The number of carboxylic acid groups (broad SMARTS) is 1. The molecule has 0 radical (unpaired) electrons. The van der Waals surface area contributed by atoms with E-state index in [2.05, 4.69) is 10.6 Å². The van der Waals surface area contributed by atoms with Gasteiger partial charge in [0, 0.05) is 10.8 Å². The van der Waals surface area contributed by atoms with Gasteiger partial charge >= 0.3 is 12.0 Å². The number of thioether (sulfide) groups is 1. The molecule has 3 atom stereocenters. The van der Waals surface area contributed by atoms with Gasteiger partial charge in [0.25, 0.3) is 0 Å². The molecule has 0 aromatic carbocycles. The average Bonchev–Trinajstić information content (AvgIpc) is 2.54. The van der Waals surface area contributed by atoms with Crippen LogP contribution in [0.2, 0.25) is 0 Å². The molecule has 2 unspecified atom stereocenters. The summed E-state index contributed by atoms with van der Waals surface area (Å²) in [5, 5.41) is 14.2. The number of carbonyl (C=O) groups is 3. The molecule has 0 spiro atoms. The van der Waals surface area contributed by atoms with E-state index in [1.165, 1.54) is 16.7 Å². The average molecular weight is 301 g/mol. The van der Waals surface area contributed by atoms with Crippen molar-refractivity contribution in [2.45, 2.75) is 55.9 Å². The normalized spacial score (nSPS) is 30.8. The van der Waals surface area contributed by atoms with Crippen LogP contribution in [0.15, 0.2) is 0 Å². The van der Waals surface area contributed by atoms with Crippen LogP contribution in [-0.2, 0) is 9.59 Å². The molecular formula is C12H19N3O4S. The third kappa shape index (κ3) is 2.32. The van der Waals surface area contributed by atoms with Crippen LogP contribution in [0.25, 0.3) is 0 Å². The van der Waals surface area contributed by atoms with Gasteiger partial charge < -0.3 is 20.6 Å². The fourth-order valence-electron chi connectivity index (χ4n) is 2.59. The van der Waals surface area contributed by atoms with Gasteiger partial charge in [-0.1, -0.05) is 0 Å². The van der Waals surface area contributed by atoms with Crippen LogP contribution in [0.4, 0.5) is 4.79 Å². The molecule has 0 saturated carbocycles. The van der Waals surface area contributed by atoms with Gasteiger partial charge in [-0.15, -0.1) is 11.8 Å². The van der Waals surface area contributed by atoms with Gasteiger partial charge in [-0.2, -0.15) is 0 Å². The standard InChI is InChI=1S/C12H19N3O4S/c1-5(2)13-11(19)14-6-8(16)15-7(10(17)18)12(3,4)20-9(6)15/h5-7,9H,1-4H3,(H,17,18)(H2,13,14,19)/t6?,7-,9?/m0/s1. The second-order valence-corrected chi connectivity index (χ2v) is 7.62. The number of hydrogen-bond donors (Lipinski definition) is 3. The zero-order chi connectivity index (χ0) is 15.2.